The summed E-state index contributed by atoms with van der Waals surface area (Å²) in [5.74, 6) is -0.492. The Morgan fingerprint density at radius 3 is 2.84 bits per heavy atom. The maximum absolute atomic E-state index is 11.2. The van der Waals surface area contributed by atoms with E-state index in [0.29, 0.717) is 17.0 Å². The zero-order valence-electron chi connectivity index (χ0n) is 11.2. The molecule has 0 radical (unpaired) electrons. The number of likely N-dealkylation sites (N-methyl/N-ethyl adjacent to an activating group) is 1. The van der Waals surface area contributed by atoms with Gasteiger partial charge in [-0.05, 0) is 37.2 Å². The van der Waals surface area contributed by atoms with Crippen molar-refractivity contribution in [1.29, 1.82) is 0 Å². The van der Waals surface area contributed by atoms with E-state index in [9.17, 15) is 9.90 Å². The van der Waals surface area contributed by atoms with E-state index in [2.05, 4.69) is 20.8 Å². The van der Waals surface area contributed by atoms with Gasteiger partial charge in [0.05, 0.1) is 6.04 Å². The Labute approximate surface area is 116 Å². The predicted octanol–water partition coefficient (Wildman–Crippen LogP) is 0.943. The fourth-order valence-electron chi connectivity index (χ4n) is 2.11. The van der Waals surface area contributed by atoms with Crippen LogP contribution in [0.3, 0.4) is 0 Å². The molecule has 19 heavy (non-hydrogen) atoms. The number of nitrogens with zero attached hydrogens (tertiary/aromatic N) is 4. The third-order valence-corrected chi connectivity index (χ3v) is 4.90. The molecule has 0 bridgehead atoms. The van der Waals surface area contributed by atoms with Crippen LogP contribution in [0.1, 0.15) is 38.6 Å². The summed E-state index contributed by atoms with van der Waals surface area (Å²) >= 11 is 1.38. The van der Waals surface area contributed by atoms with Gasteiger partial charge >= 0.3 is 5.97 Å². The maximum Gasteiger partial charge on any atom is 0.324 e. The Morgan fingerprint density at radius 2 is 2.26 bits per heavy atom. The summed E-state index contributed by atoms with van der Waals surface area (Å²) < 4.78 is 1.84. The number of rotatable bonds is 6. The summed E-state index contributed by atoms with van der Waals surface area (Å²) in [5, 5.41) is 24.5. The maximum atomic E-state index is 11.2. The van der Waals surface area contributed by atoms with E-state index < -0.39 is 11.5 Å². The van der Waals surface area contributed by atoms with Crippen molar-refractivity contribution in [2.24, 2.45) is 0 Å². The average Bonchev–Trinajstić information content (AvgIpc) is 3.05. The molecule has 106 valence electrons. The van der Waals surface area contributed by atoms with Gasteiger partial charge in [0, 0.05) is 5.75 Å². The van der Waals surface area contributed by atoms with Gasteiger partial charge in [-0.25, -0.2) is 4.68 Å². The lowest BCUT2D eigenvalue weighted by Crippen LogP contribution is -2.49. The van der Waals surface area contributed by atoms with Crippen LogP contribution in [0.15, 0.2) is 5.16 Å². The molecule has 1 heterocycles. The molecule has 1 aromatic rings. The second kappa shape index (κ2) is 5.87. The van der Waals surface area contributed by atoms with Crippen molar-refractivity contribution in [1.82, 2.24) is 25.5 Å². The number of tetrazole rings is 1. The number of carbonyl (C=O) groups is 1. The minimum absolute atomic E-state index is 0.364. The van der Waals surface area contributed by atoms with Crippen LogP contribution in [0.4, 0.5) is 0 Å². The van der Waals surface area contributed by atoms with Crippen molar-refractivity contribution in [3.63, 3.8) is 0 Å². The lowest BCUT2D eigenvalue weighted by molar-refractivity contribution is -0.142. The number of aliphatic carboxylic acids is 1. The van der Waals surface area contributed by atoms with Crippen molar-refractivity contribution in [3.05, 3.63) is 0 Å². The molecule has 1 aliphatic carbocycles. The van der Waals surface area contributed by atoms with Crippen molar-refractivity contribution >= 4 is 17.7 Å². The summed E-state index contributed by atoms with van der Waals surface area (Å²) in [7, 11) is 1.65. The van der Waals surface area contributed by atoms with E-state index in [-0.39, 0.29) is 0 Å². The molecule has 1 aliphatic rings. The van der Waals surface area contributed by atoms with Crippen molar-refractivity contribution in [2.75, 3.05) is 12.8 Å². The first-order valence-corrected chi connectivity index (χ1v) is 7.38. The lowest BCUT2D eigenvalue weighted by Gasteiger charge is -2.23. The molecular formula is C11H19N5O2S. The standard InChI is InChI=1S/C11H19N5O2S/c1-11(12-2,9(17)18)7-19-10-13-14-15-16(10)8-5-3-4-6-8/h8,12H,3-7H2,1-2H3,(H,17,18). The highest BCUT2D eigenvalue weighted by Crippen LogP contribution is 2.32. The molecule has 1 aromatic heterocycles. The summed E-state index contributed by atoms with van der Waals surface area (Å²) in [6.45, 7) is 1.66. The fourth-order valence-corrected chi connectivity index (χ4v) is 3.21. The highest BCUT2D eigenvalue weighted by atomic mass is 32.2. The fraction of sp³-hybridized carbons (Fsp3) is 0.818. The van der Waals surface area contributed by atoms with Gasteiger partial charge in [-0.3, -0.25) is 4.79 Å². The molecule has 2 rings (SSSR count). The Balaban J connectivity index is 2.03. The first-order valence-electron chi connectivity index (χ1n) is 6.40. The number of carboxylic acid groups (broad SMARTS) is 1. The predicted molar refractivity (Wildman–Crippen MR) is 71.1 cm³/mol. The van der Waals surface area contributed by atoms with Gasteiger partial charge in [0.1, 0.15) is 5.54 Å². The first-order chi connectivity index (χ1) is 9.07. The van der Waals surface area contributed by atoms with Crippen LogP contribution >= 0.6 is 11.8 Å². The summed E-state index contributed by atoms with van der Waals surface area (Å²) in [5.41, 5.74) is -0.975. The van der Waals surface area contributed by atoms with Crippen molar-refractivity contribution in [2.45, 2.75) is 49.3 Å². The minimum Gasteiger partial charge on any atom is -0.480 e. The summed E-state index contributed by atoms with van der Waals surface area (Å²) in [6.07, 6.45) is 4.61. The highest BCUT2D eigenvalue weighted by molar-refractivity contribution is 7.99. The van der Waals surface area contributed by atoms with Gasteiger partial charge in [-0.1, -0.05) is 24.6 Å². The van der Waals surface area contributed by atoms with E-state index in [1.807, 2.05) is 4.68 Å². The average molecular weight is 285 g/mol. The van der Waals surface area contributed by atoms with Gasteiger partial charge < -0.3 is 10.4 Å². The normalized spacial score (nSPS) is 19.5. The molecule has 1 atom stereocenters. The van der Waals surface area contributed by atoms with Crippen LogP contribution in [0.25, 0.3) is 0 Å². The largest absolute Gasteiger partial charge is 0.480 e. The van der Waals surface area contributed by atoms with Crippen LogP contribution in [0.5, 0.6) is 0 Å². The molecule has 1 fully saturated rings. The third kappa shape index (κ3) is 3.06. The summed E-state index contributed by atoms with van der Waals surface area (Å²) in [4.78, 5) is 11.2. The Morgan fingerprint density at radius 1 is 1.58 bits per heavy atom. The molecule has 0 aromatic carbocycles. The molecule has 8 heteroatoms. The molecule has 0 aliphatic heterocycles. The second-order valence-electron chi connectivity index (χ2n) is 5.02. The number of nitrogens with one attached hydrogen (secondary N) is 1. The Kier molecular flexibility index (Phi) is 4.41. The smallest absolute Gasteiger partial charge is 0.324 e. The topological polar surface area (TPSA) is 92.9 Å². The quantitative estimate of drug-likeness (QED) is 0.751. The second-order valence-corrected chi connectivity index (χ2v) is 5.96. The SMILES string of the molecule is CNC(C)(CSc1nnnn1C1CCCC1)C(=O)O. The Hall–Kier alpha value is -1.15. The van der Waals surface area contributed by atoms with Crippen LogP contribution < -0.4 is 5.32 Å². The van der Waals surface area contributed by atoms with Gasteiger partial charge in [-0.15, -0.1) is 5.10 Å². The van der Waals surface area contributed by atoms with E-state index in [4.69, 9.17) is 0 Å². The summed E-state index contributed by atoms with van der Waals surface area (Å²) in [6, 6.07) is 0.364. The molecular weight excluding hydrogens is 266 g/mol. The molecule has 1 unspecified atom stereocenters. The third-order valence-electron chi connectivity index (χ3n) is 3.65. The molecule has 1 saturated carbocycles. The van der Waals surface area contributed by atoms with Gasteiger partial charge in [0.2, 0.25) is 5.16 Å². The van der Waals surface area contributed by atoms with Crippen molar-refractivity contribution < 1.29 is 9.90 Å². The Bertz CT molecular complexity index is 446. The van der Waals surface area contributed by atoms with Crippen LogP contribution in [-0.2, 0) is 4.79 Å². The van der Waals surface area contributed by atoms with Gasteiger partial charge in [0.15, 0.2) is 0 Å². The zero-order chi connectivity index (χ0) is 13.9. The number of thioether (sulfide) groups is 1. The van der Waals surface area contributed by atoms with Crippen molar-refractivity contribution in [3.8, 4) is 0 Å². The minimum atomic E-state index is -0.975. The van der Waals surface area contributed by atoms with E-state index in [1.165, 1.54) is 24.6 Å². The van der Waals surface area contributed by atoms with Crippen LogP contribution in [0, 0.1) is 0 Å². The monoisotopic (exact) mass is 285 g/mol. The molecule has 7 nitrogen and oxygen atoms in total. The highest BCUT2D eigenvalue weighted by Gasteiger charge is 2.32. The number of carboxylic acids is 1. The molecule has 0 saturated heterocycles. The molecule has 0 spiro atoms. The molecule has 0 amide bonds. The zero-order valence-corrected chi connectivity index (χ0v) is 12.0. The van der Waals surface area contributed by atoms with E-state index in [0.717, 1.165) is 12.8 Å². The number of hydrogen-bond acceptors (Lipinski definition) is 6. The number of aromatic nitrogens is 4. The molecule has 2 N–H and O–H groups in total. The van der Waals surface area contributed by atoms with E-state index >= 15 is 0 Å². The number of hydrogen-bond donors (Lipinski definition) is 2. The van der Waals surface area contributed by atoms with Crippen LogP contribution in [-0.4, -0.2) is 49.6 Å². The first kappa shape index (κ1) is 14.3. The van der Waals surface area contributed by atoms with Gasteiger partial charge in [-0.2, -0.15) is 0 Å². The van der Waals surface area contributed by atoms with Crippen LogP contribution in [0.2, 0.25) is 0 Å². The van der Waals surface area contributed by atoms with Gasteiger partial charge in [0.25, 0.3) is 0 Å². The van der Waals surface area contributed by atoms with E-state index in [1.54, 1.807) is 14.0 Å². The lowest BCUT2D eigenvalue weighted by atomic mass is 10.1.